The molecule has 0 unspecified atom stereocenters. The van der Waals surface area contributed by atoms with Gasteiger partial charge in [0.15, 0.2) is 0 Å². The van der Waals surface area contributed by atoms with Crippen molar-refractivity contribution < 1.29 is 9.72 Å². The van der Waals surface area contributed by atoms with Crippen molar-refractivity contribution in [2.45, 2.75) is 13.0 Å². The van der Waals surface area contributed by atoms with Gasteiger partial charge >= 0.3 is 0 Å². The highest BCUT2D eigenvalue weighted by atomic mass is 16.6. The minimum absolute atomic E-state index is 0.0266. The van der Waals surface area contributed by atoms with Gasteiger partial charge in [-0.2, -0.15) is 0 Å². The molecule has 6 nitrogen and oxygen atoms in total. The summed E-state index contributed by atoms with van der Waals surface area (Å²) in [5, 5.41) is 10.7. The van der Waals surface area contributed by atoms with Crippen molar-refractivity contribution in [1.29, 1.82) is 0 Å². The Bertz CT molecular complexity index is 481. The van der Waals surface area contributed by atoms with E-state index in [1.54, 1.807) is 17.9 Å². The second-order valence-electron chi connectivity index (χ2n) is 4.28. The van der Waals surface area contributed by atoms with E-state index in [-0.39, 0.29) is 17.6 Å². The number of nitro benzene ring substituents is 1. The maximum Gasteiger partial charge on any atom is 0.270 e. The van der Waals surface area contributed by atoms with E-state index in [0.717, 1.165) is 0 Å². The van der Waals surface area contributed by atoms with Crippen molar-refractivity contribution in [1.82, 2.24) is 4.90 Å². The van der Waals surface area contributed by atoms with E-state index in [0.29, 0.717) is 24.2 Å². The number of aryl methyl sites for hydroxylation is 1. The lowest BCUT2D eigenvalue weighted by Gasteiger charge is -2.36. The molecule has 1 aliphatic rings. The second-order valence-corrected chi connectivity index (χ2v) is 4.28. The van der Waals surface area contributed by atoms with Gasteiger partial charge in [-0.1, -0.05) is 0 Å². The third-order valence-electron chi connectivity index (χ3n) is 2.72. The molecule has 17 heavy (non-hydrogen) atoms. The van der Waals surface area contributed by atoms with Gasteiger partial charge in [0.05, 0.1) is 4.92 Å². The number of nitrogens with two attached hydrogens (primary N) is 1. The van der Waals surface area contributed by atoms with E-state index < -0.39 is 4.92 Å². The first kappa shape index (κ1) is 11.5. The quantitative estimate of drug-likeness (QED) is 0.603. The van der Waals surface area contributed by atoms with Crippen LogP contribution in [0.2, 0.25) is 0 Å². The van der Waals surface area contributed by atoms with Crippen LogP contribution in [0.15, 0.2) is 18.2 Å². The number of hydrogen-bond acceptors (Lipinski definition) is 4. The van der Waals surface area contributed by atoms with Gasteiger partial charge in [0.2, 0.25) is 0 Å². The van der Waals surface area contributed by atoms with E-state index in [9.17, 15) is 14.9 Å². The standard InChI is InChI=1S/C11H13N3O3/c1-7-2-8(4-10(3-7)14(16)17)11(15)13-5-9(12)6-13/h2-4,9H,5-6,12H2,1H3. The number of nitro groups is 1. The highest BCUT2D eigenvalue weighted by Gasteiger charge is 2.29. The average Bonchev–Trinajstić information content (AvgIpc) is 2.23. The topological polar surface area (TPSA) is 89.5 Å². The molecule has 0 bridgehead atoms. The summed E-state index contributed by atoms with van der Waals surface area (Å²) < 4.78 is 0. The summed E-state index contributed by atoms with van der Waals surface area (Å²) in [5.74, 6) is -0.196. The lowest BCUT2D eigenvalue weighted by atomic mass is 10.1. The first-order valence-electron chi connectivity index (χ1n) is 5.28. The summed E-state index contributed by atoms with van der Waals surface area (Å²) in [5.41, 5.74) is 6.59. The fourth-order valence-electron chi connectivity index (χ4n) is 1.85. The number of hydrogen-bond donors (Lipinski definition) is 1. The highest BCUT2D eigenvalue weighted by Crippen LogP contribution is 2.19. The molecule has 0 aromatic heterocycles. The van der Waals surface area contributed by atoms with Gasteiger partial charge in [-0.05, 0) is 18.6 Å². The highest BCUT2D eigenvalue weighted by molar-refractivity contribution is 5.95. The lowest BCUT2D eigenvalue weighted by Crippen LogP contribution is -2.57. The number of benzene rings is 1. The molecule has 0 spiro atoms. The predicted octanol–water partition coefficient (Wildman–Crippen LogP) is 0.686. The zero-order chi connectivity index (χ0) is 12.6. The molecular formula is C11H13N3O3. The predicted molar refractivity (Wildman–Crippen MR) is 61.7 cm³/mol. The average molecular weight is 235 g/mol. The first-order chi connectivity index (χ1) is 7.97. The fraction of sp³-hybridized carbons (Fsp3) is 0.364. The smallest absolute Gasteiger partial charge is 0.270 e. The zero-order valence-electron chi connectivity index (χ0n) is 9.42. The first-order valence-corrected chi connectivity index (χ1v) is 5.28. The molecular weight excluding hydrogens is 222 g/mol. The third-order valence-corrected chi connectivity index (χ3v) is 2.72. The van der Waals surface area contributed by atoms with Crippen molar-refractivity contribution in [2.75, 3.05) is 13.1 Å². The van der Waals surface area contributed by atoms with Gasteiger partial charge in [0.1, 0.15) is 0 Å². The molecule has 1 amide bonds. The molecule has 2 rings (SSSR count). The number of carbonyl (C=O) groups is 1. The van der Waals surface area contributed by atoms with E-state index in [1.165, 1.54) is 12.1 Å². The van der Waals surface area contributed by atoms with Gasteiger partial charge < -0.3 is 10.6 Å². The number of carbonyl (C=O) groups excluding carboxylic acids is 1. The van der Waals surface area contributed by atoms with Crippen LogP contribution < -0.4 is 5.73 Å². The summed E-state index contributed by atoms with van der Waals surface area (Å²) in [6, 6.07) is 4.43. The summed E-state index contributed by atoms with van der Waals surface area (Å²) in [6.45, 7) is 2.76. The Labute approximate surface area is 98.2 Å². The van der Waals surface area contributed by atoms with Crippen molar-refractivity contribution in [3.05, 3.63) is 39.4 Å². The van der Waals surface area contributed by atoms with Gasteiger partial charge in [0, 0.05) is 36.8 Å². The van der Waals surface area contributed by atoms with Crippen molar-refractivity contribution >= 4 is 11.6 Å². The van der Waals surface area contributed by atoms with Gasteiger partial charge in [-0.15, -0.1) is 0 Å². The molecule has 2 N–H and O–H groups in total. The zero-order valence-corrected chi connectivity index (χ0v) is 9.42. The molecule has 90 valence electrons. The molecule has 6 heteroatoms. The van der Waals surface area contributed by atoms with E-state index >= 15 is 0 Å². The number of likely N-dealkylation sites (tertiary alicyclic amines) is 1. The third kappa shape index (κ3) is 2.26. The molecule has 0 radical (unpaired) electrons. The van der Waals surface area contributed by atoms with Crippen LogP contribution in [-0.2, 0) is 0 Å². The Kier molecular flexibility index (Phi) is 2.81. The maximum atomic E-state index is 11.9. The molecule has 1 heterocycles. The number of non-ortho nitro benzene ring substituents is 1. The summed E-state index contributed by atoms with van der Waals surface area (Å²) in [7, 11) is 0. The van der Waals surface area contributed by atoms with E-state index in [2.05, 4.69) is 0 Å². The monoisotopic (exact) mass is 235 g/mol. The van der Waals surface area contributed by atoms with E-state index in [4.69, 9.17) is 5.73 Å². The van der Waals surface area contributed by atoms with Crippen LogP contribution >= 0.6 is 0 Å². The Morgan fingerprint density at radius 2 is 2.12 bits per heavy atom. The Balaban J connectivity index is 2.26. The Hall–Kier alpha value is -1.95. The molecule has 1 aliphatic heterocycles. The largest absolute Gasteiger partial charge is 0.335 e. The van der Waals surface area contributed by atoms with Crippen molar-refractivity contribution in [3.8, 4) is 0 Å². The lowest BCUT2D eigenvalue weighted by molar-refractivity contribution is -0.384. The number of amides is 1. The summed E-state index contributed by atoms with van der Waals surface area (Å²) in [4.78, 5) is 23.7. The normalized spacial score (nSPS) is 15.5. The minimum Gasteiger partial charge on any atom is -0.335 e. The van der Waals surface area contributed by atoms with Crippen molar-refractivity contribution in [2.24, 2.45) is 5.73 Å². The van der Waals surface area contributed by atoms with Crippen LogP contribution in [0, 0.1) is 17.0 Å². The molecule has 0 aliphatic carbocycles. The summed E-state index contributed by atoms with van der Waals surface area (Å²) >= 11 is 0. The fourth-order valence-corrected chi connectivity index (χ4v) is 1.85. The van der Waals surface area contributed by atoms with Crippen LogP contribution in [0.1, 0.15) is 15.9 Å². The maximum absolute atomic E-state index is 11.9. The minimum atomic E-state index is -0.494. The molecule has 0 atom stereocenters. The van der Waals surface area contributed by atoms with Gasteiger partial charge in [-0.3, -0.25) is 14.9 Å². The van der Waals surface area contributed by atoms with Crippen LogP contribution in [-0.4, -0.2) is 34.9 Å². The molecule has 1 aromatic carbocycles. The van der Waals surface area contributed by atoms with Gasteiger partial charge in [-0.25, -0.2) is 0 Å². The second kappa shape index (κ2) is 4.14. The van der Waals surface area contributed by atoms with Gasteiger partial charge in [0.25, 0.3) is 11.6 Å². The van der Waals surface area contributed by atoms with Crippen molar-refractivity contribution in [3.63, 3.8) is 0 Å². The SMILES string of the molecule is Cc1cc(C(=O)N2CC(N)C2)cc([N+](=O)[O-])c1. The Morgan fingerprint density at radius 3 is 2.65 bits per heavy atom. The van der Waals surface area contributed by atoms with Crippen LogP contribution in [0.4, 0.5) is 5.69 Å². The van der Waals surface area contributed by atoms with Crippen LogP contribution in [0.25, 0.3) is 0 Å². The van der Waals surface area contributed by atoms with Crippen LogP contribution in [0.3, 0.4) is 0 Å². The molecule has 1 fully saturated rings. The molecule has 1 aromatic rings. The summed E-state index contributed by atoms with van der Waals surface area (Å²) in [6.07, 6.45) is 0. The number of rotatable bonds is 2. The molecule has 1 saturated heterocycles. The number of nitrogens with zero attached hydrogens (tertiary/aromatic N) is 2. The van der Waals surface area contributed by atoms with Crippen LogP contribution in [0.5, 0.6) is 0 Å². The molecule has 0 saturated carbocycles. The Morgan fingerprint density at radius 1 is 1.47 bits per heavy atom. The van der Waals surface area contributed by atoms with E-state index in [1.807, 2.05) is 0 Å².